The van der Waals surface area contributed by atoms with E-state index in [1.54, 1.807) is 24.3 Å². The summed E-state index contributed by atoms with van der Waals surface area (Å²) < 4.78 is 5.24. The Hall–Kier alpha value is -0.860. The number of hydrogen-bond acceptors (Lipinski definition) is 2. The Kier molecular flexibility index (Phi) is 6.90. The molecule has 0 heterocycles. The Bertz CT molecular complexity index is 333. The van der Waals surface area contributed by atoms with Gasteiger partial charge in [-0.2, -0.15) is 0 Å². The first kappa shape index (κ1) is 14.2. The lowest BCUT2D eigenvalue weighted by atomic mass is 10.1. The number of benzene rings is 1. The zero-order chi connectivity index (χ0) is 12.5. The van der Waals surface area contributed by atoms with Crippen molar-refractivity contribution < 1.29 is 9.53 Å². The largest absolute Gasteiger partial charge is 0.382 e. The van der Waals surface area contributed by atoms with E-state index in [4.69, 9.17) is 16.3 Å². The molecular weight excluding hydrogens is 236 g/mol. The SMILES string of the molecule is CCOCCCCCC(=O)c1ccc(Cl)cc1. The van der Waals surface area contributed by atoms with E-state index in [1.165, 1.54) is 0 Å². The molecule has 0 fully saturated rings. The third-order valence-corrected chi connectivity index (χ3v) is 2.81. The minimum atomic E-state index is 0.193. The highest BCUT2D eigenvalue weighted by atomic mass is 35.5. The summed E-state index contributed by atoms with van der Waals surface area (Å²) in [5, 5.41) is 0.665. The van der Waals surface area contributed by atoms with Crippen LogP contribution in [0, 0.1) is 0 Å². The van der Waals surface area contributed by atoms with Crippen LogP contribution in [0.3, 0.4) is 0 Å². The van der Waals surface area contributed by atoms with Crippen molar-refractivity contribution in [1.29, 1.82) is 0 Å². The van der Waals surface area contributed by atoms with Gasteiger partial charge in [0.05, 0.1) is 0 Å². The van der Waals surface area contributed by atoms with Gasteiger partial charge in [0.25, 0.3) is 0 Å². The van der Waals surface area contributed by atoms with E-state index in [1.807, 2.05) is 6.92 Å². The zero-order valence-electron chi connectivity index (χ0n) is 10.2. The van der Waals surface area contributed by atoms with Crippen LogP contribution < -0.4 is 0 Å². The highest BCUT2D eigenvalue weighted by Gasteiger charge is 2.04. The molecular formula is C14H19ClO2. The van der Waals surface area contributed by atoms with Gasteiger partial charge in [0, 0.05) is 30.2 Å². The van der Waals surface area contributed by atoms with Gasteiger partial charge in [-0.1, -0.05) is 18.0 Å². The van der Waals surface area contributed by atoms with Crippen molar-refractivity contribution in [3.8, 4) is 0 Å². The molecule has 0 atom stereocenters. The van der Waals surface area contributed by atoms with E-state index in [-0.39, 0.29) is 5.78 Å². The summed E-state index contributed by atoms with van der Waals surface area (Å²) in [6, 6.07) is 7.07. The first-order chi connectivity index (χ1) is 8.24. The van der Waals surface area contributed by atoms with Gasteiger partial charge < -0.3 is 4.74 Å². The van der Waals surface area contributed by atoms with E-state index in [9.17, 15) is 4.79 Å². The molecule has 2 nitrogen and oxygen atoms in total. The van der Waals surface area contributed by atoms with Crippen molar-refractivity contribution in [3.63, 3.8) is 0 Å². The fourth-order valence-corrected chi connectivity index (χ4v) is 1.72. The number of Topliss-reactive ketones (excluding diaryl/α,β-unsaturated/α-hetero) is 1. The van der Waals surface area contributed by atoms with Crippen LogP contribution in [-0.2, 0) is 4.74 Å². The van der Waals surface area contributed by atoms with Gasteiger partial charge >= 0.3 is 0 Å². The van der Waals surface area contributed by atoms with Crippen molar-refractivity contribution in [3.05, 3.63) is 34.9 Å². The number of halogens is 1. The molecule has 1 rings (SSSR count). The molecule has 3 heteroatoms. The number of rotatable bonds is 8. The molecule has 0 spiro atoms. The highest BCUT2D eigenvalue weighted by molar-refractivity contribution is 6.30. The average Bonchev–Trinajstić information content (AvgIpc) is 2.34. The summed E-state index contributed by atoms with van der Waals surface area (Å²) in [6.07, 6.45) is 3.60. The number of carbonyl (C=O) groups is 1. The van der Waals surface area contributed by atoms with Crippen LogP contribution in [0.15, 0.2) is 24.3 Å². The second-order valence-electron chi connectivity index (χ2n) is 3.94. The van der Waals surface area contributed by atoms with Crippen LogP contribution in [0.25, 0.3) is 0 Å². The molecule has 0 aliphatic rings. The van der Waals surface area contributed by atoms with Gasteiger partial charge in [0.15, 0.2) is 5.78 Å². The van der Waals surface area contributed by atoms with Crippen molar-refractivity contribution in [2.45, 2.75) is 32.6 Å². The minimum absolute atomic E-state index is 0.193. The monoisotopic (exact) mass is 254 g/mol. The van der Waals surface area contributed by atoms with E-state index < -0.39 is 0 Å². The second kappa shape index (κ2) is 8.26. The molecule has 0 amide bonds. The smallest absolute Gasteiger partial charge is 0.162 e. The first-order valence-electron chi connectivity index (χ1n) is 6.10. The van der Waals surface area contributed by atoms with Gasteiger partial charge in [0.2, 0.25) is 0 Å². The lowest BCUT2D eigenvalue weighted by molar-refractivity contribution is 0.0976. The van der Waals surface area contributed by atoms with Crippen LogP contribution in [0.1, 0.15) is 43.0 Å². The molecule has 17 heavy (non-hydrogen) atoms. The number of ether oxygens (including phenoxy) is 1. The fraction of sp³-hybridized carbons (Fsp3) is 0.500. The molecule has 0 unspecified atom stereocenters. The van der Waals surface area contributed by atoms with Gasteiger partial charge in [-0.15, -0.1) is 0 Å². The number of carbonyl (C=O) groups excluding carboxylic acids is 1. The molecule has 0 saturated heterocycles. The highest BCUT2D eigenvalue weighted by Crippen LogP contribution is 2.12. The van der Waals surface area contributed by atoms with Crippen molar-refractivity contribution >= 4 is 17.4 Å². The van der Waals surface area contributed by atoms with Crippen molar-refractivity contribution in [1.82, 2.24) is 0 Å². The summed E-state index contributed by atoms with van der Waals surface area (Å²) in [4.78, 5) is 11.8. The molecule has 0 saturated carbocycles. The first-order valence-corrected chi connectivity index (χ1v) is 6.48. The summed E-state index contributed by atoms with van der Waals surface area (Å²) in [5.74, 6) is 0.193. The Labute approximate surface area is 108 Å². The standard InChI is InChI=1S/C14H19ClO2/c1-2-17-11-5-3-4-6-14(16)12-7-9-13(15)10-8-12/h7-10H,2-6,11H2,1H3. The molecule has 0 aliphatic carbocycles. The predicted octanol–water partition coefficient (Wildman–Crippen LogP) is 4.12. The molecule has 0 aliphatic heterocycles. The van der Waals surface area contributed by atoms with E-state index in [0.717, 1.165) is 38.0 Å². The lowest BCUT2D eigenvalue weighted by Gasteiger charge is -2.02. The maximum atomic E-state index is 11.8. The third kappa shape index (κ3) is 5.85. The second-order valence-corrected chi connectivity index (χ2v) is 4.37. The van der Waals surface area contributed by atoms with Gasteiger partial charge in [-0.05, 0) is 44.0 Å². The van der Waals surface area contributed by atoms with E-state index in [0.29, 0.717) is 11.4 Å². The summed E-state index contributed by atoms with van der Waals surface area (Å²) >= 11 is 5.77. The topological polar surface area (TPSA) is 26.3 Å². The fourth-order valence-electron chi connectivity index (χ4n) is 1.59. The maximum absolute atomic E-state index is 11.8. The molecule has 0 bridgehead atoms. The van der Waals surface area contributed by atoms with Crippen LogP contribution in [0.5, 0.6) is 0 Å². The van der Waals surface area contributed by atoms with E-state index in [2.05, 4.69) is 0 Å². The Morgan fingerprint density at radius 3 is 2.53 bits per heavy atom. The summed E-state index contributed by atoms with van der Waals surface area (Å²) in [7, 11) is 0. The predicted molar refractivity (Wildman–Crippen MR) is 70.7 cm³/mol. The number of hydrogen-bond donors (Lipinski definition) is 0. The third-order valence-electron chi connectivity index (χ3n) is 2.56. The molecule has 1 aromatic carbocycles. The van der Waals surface area contributed by atoms with Crippen molar-refractivity contribution in [2.24, 2.45) is 0 Å². The van der Waals surface area contributed by atoms with Crippen LogP contribution in [0.2, 0.25) is 5.02 Å². The normalized spacial score (nSPS) is 10.5. The Balaban J connectivity index is 2.19. The van der Waals surface area contributed by atoms with Crippen LogP contribution >= 0.6 is 11.6 Å². The van der Waals surface area contributed by atoms with Gasteiger partial charge in [-0.3, -0.25) is 4.79 Å². The zero-order valence-corrected chi connectivity index (χ0v) is 11.0. The molecule has 1 aromatic rings. The molecule has 0 N–H and O–H groups in total. The van der Waals surface area contributed by atoms with Gasteiger partial charge in [-0.25, -0.2) is 0 Å². The molecule has 94 valence electrons. The number of unbranched alkanes of at least 4 members (excludes halogenated alkanes) is 2. The summed E-state index contributed by atoms with van der Waals surface area (Å²) in [6.45, 7) is 3.55. The molecule has 0 radical (unpaired) electrons. The summed E-state index contributed by atoms with van der Waals surface area (Å²) in [5.41, 5.74) is 0.749. The van der Waals surface area contributed by atoms with E-state index >= 15 is 0 Å². The quantitative estimate of drug-likeness (QED) is 0.515. The van der Waals surface area contributed by atoms with Gasteiger partial charge in [0.1, 0.15) is 0 Å². The minimum Gasteiger partial charge on any atom is -0.382 e. The Morgan fingerprint density at radius 1 is 1.18 bits per heavy atom. The van der Waals surface area contributed by atoms with Crippen LogP contribution in [-0.4, -0.2) is 19.0 Å². The average molecular weight is 255 g/mol. The lowest BCUT2D eigenvalue weighted by Crippen LogP contribution is -1.99. The Morgan fingerprint density at radius 2 is 1.88 bits per heavy atom. The van der Waals surface area contributed by atoms with Crippen LogP contribution in [0.4, 0.5) is 0 Å². The number of ketones is 1. The maximum Gasteiger partial charge on any atom is 0.162 e. The molecule has 0 aromatic heterocycles. The van der Waals surface area contributed by atoms with Crippen molar-refractivity contribution in [2.75, 3.05) is 13.2 Å².